The van der Waals surface area contributed by atoms with Crippen LogP contribution in [0.4, 0.5) is 0 Å². The third-order valence-corrected chi connectivity index (χ3v) is 6.10. The van der Waals surface area contributed by atoms with Crippen molar-refractivity contribution in [2.45, 2.75) is 10.6 Å². The molecule has 0 unspecified atom stereocenters. The average Bonchev–Trinajstić information content (AvgIpc) is 3.15. The van der Waals surface area contributed by atoms with E-state index in [1.807, 2.05) is 22.9 Å². The molecule has 0 saturated heterocycles. The molecule has 0 aliphatic carbocycles. The van der Waals surface area contributed by atoms with Gasteiger partial charge in [-0.25, -0.2) is 8.42 Å². The molecule has 0 spiro atoms. The van der Waals surface area contributed by atoms with E-state index in [-0.39, 0.29) is 10.6 Å². The smallest absolute Gasteiger partial charge is 0.186 e. The molecule has 0 atom stereocenters. The molecule has 5 nitrogen and oxygen atoms in total. The van der Waals surface area contributed by atoms with Crippen molar-refractivity contribution in [3.8, 4) is 22.6 Å². The number of methoxy groups -OCH3 is 2. The molecule has 25 heavy (non-hydrogen) atoms. The van der Waals surface area contributed by atoms with Crippen LogP contribution in [-0.4, -0.2) is 27.6 Å². The fraction of sp³-hybridized carbons (Fsp3) is 0.167. The molecule has 3 rings (SSSR count). The summed E-state index contributed by atoms with van der Waals surface area (Å²) in [6.07, 6.45) is 3.30. The Bertz CT molecular complexity index is 967. The standard InChI is InChI=1S/C18H17NO4S2/c1-22-16-3-4-17(23-2)18(8-16)25(20,21)12-13-7-15(10-19-9-13)14-5-6-24-11-14/h3-11H,12H2,1-2H3. The number of sulfone groups is 1. The molecule has 0 N–H and O–H groups in total. The molecule has 0 saturated carbocycles. The average molecular weight is 375 g/mol. The van der Waals surface area contributed by atoms with Gasteiger partial charge in [0.25, 0.3) is 0 Å². The Kier molecular flexibility index (Phi) is 5.06. The number of thiophene rings is 1. The predicted octanol–water partition coefficient (Wildman–Crippen LogP) is 3.80. The number of hydrogen-bond acceptors (Lipinski definition) is 6. The van der Waals surface area contributed by atoms with Crippen molar-refractivity contribution in [2.75, 3.05) is 14.2 Å². The first-order valence-corrected chi connectivity index (χ1v) is 10.0. The maximum absolute atomic E-state index is 12.9. The number of rotatable bonds is 6. The lowest BCUT2D eigenvalue weighted by atomic mass is 10.1. The minimum Gasteiger partial charge on any atom is -0.497 e. The van der Waals surface area contributed by atoms with Gasteiger partial charge < -0.3 is 9.47 Å². The molecule has 130 valence electrons. The van der Waals surface area contributed by atoms with Crippen molar-refractivity contribution in [1.82, 2.24) is 4.98 Å². The Labute approximate surface area is 150 Å². The quantitative estimate of drug-likeness (QED) is 0.656. The number of hydrogen-bond donors (Lipinski definition) is 0. The van der Waals surface area contributed by atoms with Gasteiger partial charge in [-0.15, -0.1) is 0 Å². The summed E-state index contributed by atoms with van der Waals surface area (Å²) in [5.74, 6) is 0.592. The van der Waals surface area contributed by atoms with Crippen LogP contribution in [0.15, 0.2) is 58.4 Å². The van der Waals surface area contributed by atoms with Gasteiger partial charge in [0.15, 0.2) is 9.84 Å². The zero-order chi connectivity index (χ0) is 17.9. The van der Waals surface area contributed by atoms with E-state index in [0.29, 0.717) is 17.1 Å². The Morgan fingerprint density at radius 2 is 1.88 bits per heavy atom. The van der Waals surface area contributed by atoms with Gasteiger partial charge in [0.2, 0.25) is 0 Å². The predicted molar refractivity (Wildman–Crippen MR) is 98.0 cm³/mol. The molecule has 0 bridgehead atoms. The van der Waals surface area contributed by atoms with Crippen molar-refractivity contribution in [2.24, 2.45) is 0 Å². The van der Waals surface area contributed by atoms with E-state index in [1.165, 1.54) is 20.3 Å². The molecule has 0 aliphatic heterocycles. The summed E-state index contributed by atoms with van der Waals surface area (Å²) in [5.41, 5.74) is 2.54. The molecule has 0 aliphatic rings. The third kappa shape index (κ3) is 3.83. The molecular formula is C18H17NO4S2. The minimum absolute atomic E-state index is 0.107. The number of nitrogens with zero attached hydrogens (tertiary/aromatic N) is 1. The molecule has 0 radical (unpaired) electrons. The normalized spacial score (nSPS) is 11.3. The van der Waals surface area contributed by atoms with Gasteiger partial charge in [-0.05, 0) is 46.2 Å². The van der Waals surface area contributed by atoms with Crippen LogP contribution in [0.1, 0.15) is 5.56 Å². The van der Waals surface area contributed by atoms with Crippen LogP contribution >= 0.6 is 11.3 Å². The first-order chi connectivity index (χ1) is 12.0. The highest BCUT2D eigenvalue weighted by Crippen LogP contribution is 2.31. The van der Waals surface area contributed by atoms with Gasteiger partial charge in [-0.3, -0.25) is 4.98 Å². The summed E-state index contributed by atoms with van der Waals surface area (Å²) < 4.78 is 36.1. The molecule has 1 aromatic carbocycles. The zero-order valence-electron chi connectivity index (χ0n) is 13.8. The topological polar surface area (TPSA) is 65.5 Å². The van der Waals surface area contributed by atoms with Crippen LogP contribution in [0, 0.1) is 0 Å². The maximum atomic E-state index is 12.9. The number of ether oxygens (including phenoxy) is 2. The van der Waals surface area contributed by atoms with E-state index in [2.05, 4.69) is 4.98 Å². The lowest BCUT2D eigenvalue weighted by Crippen LogP contribution is -2.07. The van der Waals surface area contributed by atoms with Gasteiger partial charge in [-0.2, -0.15) is 11.3 Å². The molecule has 7 heteroatoms. The fourth-order valence-corrected chi connectivity index (χ4v) is 4.65. The van der Waals surface area contributed by atoms with E-state index in [0.717, 1.165) is 11.1 Å². The second-order valence-corrected chi connectivity index (χ2v) is 8.11. The number of benzene rings is 1. The first-order valence-electron chi connectivity index (χ1n) is 7.45. The summed E-state index contributed by atoms with van der Waals surface area (Å²) >= 11 is 1.58. The van der Waals surface area contributed by atoms with Crippen LogP contribution in [-0.2, 0) is 15.6 Å². The van der Waals surface area contributed by atoms with Crippen LogP contribution in [0.5, 0.6) is 11.5 Å². The van der Waals surface area contributed by atoms with Gasteiger partial charge >= 0.3 is 0 Å². The van der Waals surface area contributed by atoms with Gasteiger partial charge in [0.05, 0.1) is 20.0 Å². The molecule has 2 heterocycles. The second kappa shape index (κ2) is 7.25. The van der Waals surface area contributed by atoms with Crippen LogP contribution in [0.25, 0.3) is 11.1 Å². The molecule has 0 amide bonds. The van der Waals surface area contributed by atoms with Gasteiger partial charge in [-0.1, -0.05) is 0 Å². The maximum Gasteiger partial charge on any atom is 0.186 e. The van der Waals surface area contributed by atoms with Gasteiger partial charge in [0, 0.05) is 24.0 Å². The van der Waals surface area contributed by atoms with Crippen LogP contribution in [0.3, 0.4) is 0 Å². The highest BCUT2D eigenvalue weighted by molar-refractivity contribution is 7.90. The van der Waals surface area contributed by atoms with Gasteiger partial charge in [0.1, 0.15) is 16.4 Å². The van der Waals surface area contributed by atoms with Crippen molar-refractivity contribution in [3.05, 3.63) is 59.0 Å². The zero-order valence-corrected chi connectivity index (χ0v) is 15.4. The van der Waals surface area contributed by atoms with Crippen LogP contribution < -0.4 is 9.47 Å². The number of pyridine rings is 1. The van der Waals surface area contributed by atoms with E-state index < -0.39 is 9.84 Å². The summed E-state index contributed by atoms with van der Waals surface area (Å²) in [6.45, 7) is 0. The summed E-state index contributed by atoms with van der Waals surface area (Å²) in [7, 11) is -0.680. The molecular weight excluding hydrogens is 358 g/mol. The largest absolute Gasteiger partial charge is 0.497 e. The van der Waals surface area contributed by atoms with Crippen LogP contribution in [0.2, 0.25) is 0 Å². The van der Waals surface area contributed by atoms with Crippen molar-refractivity contribution < 1.29 is 17.9 Å². The lowest BCUT2D eigenvalue weighted by Gasteiger charge is -2.11. The Hall–Kier alpha value is -2.38. The van der Waals surface area contributed by atoms with Crippen molar-refractivity contribution in [1.29, 1.82) is 0 Å². The lowest BCUT2D eigenvalue weighted by molar-refractivity contribution is 0.392. The molecule has 2 aromatic heterocycles. The first kappa shape index (κ1) is 17.4. The van der Waals surface area contributed by atoms with E-state index in [1.54, 1.807) is 35.9 Å². The van der Waals surface area contributed by atoms with E-state index in [9.17, 15) is 8.42 Å². The molecule has 0 fully saturated rings. The van der Waals surface area contributed by atoms with E-state index in [4.69, 9.17) is 9.47 Å². The monoisotopic (exact) mass is 375 g/mol. The van der Waals surface area contributed by atoms with Crippen molar-refractivity contribution in [3.63, 3.8) is 0 Å². The summed E-state index contributed by atoms with van der Waals surface area (Å²) in [5, 5.41) is 3.97. The van der Waals surface area contributed by atoms with E-state index >= 15 is 0 Å². The third-order valence-electron chi connectivity index (χ3n) is 3.71. The Balaban J connectivity index is 1.96. The number of aromatic nitrogens is 1. The fourth-order valence-electron chi connectivity index (χ4n) is 2.48. The highest BCUT2D eigenvalue weighted by atomic mass is 32.2. The summed E-state index contributed by atoms with van der Waals surface area (Å²) in [6, 6.07) is 8.55. The van der Waals surface area contributed by atoms with Crippen molar-refractivity contribution >= 4 is 21.2 Å². The minimum atomic E-state index is -3.62. The highest BCUT2D eigenvalue weighted by Gasteiger charge is 2.21. The second-order valence-electron chi connectivity index (χ2n) is 5.37. The SMILES string of the molecule is COc1ccc(OC)c(S(=O)(=O)Cc2cncc(-c3ccsc3)c2)c1. The summed E-state index contributed by atoms with van der Waals surface area (Å²) in [4.78, 5) is 4.29. The Morgan fingerprint density at radius 1 is 1.04 bits per heavy atom. The molecule has 3 aromatic rings. The Morgan fingerprint density at radius 3 is 2.56 bits per heavy atom.